The normalized spacial score (nSPS) is 26.2. The van der Waals surface area contributed by atoms with Crippen molar-refractivity contribution in [1.29, 1.82) is 0 Å². The number of aliphatic hydroxyl groups is 2. The van der Waals surface area contributed by atoms with Gasteiger partial charge in [0, 0.05) is 13.5 Å². The molecule has 1 aliphatic rings. The molecule has 4 N–H and O–H groups in total. The van der Waals surface area contributed by atoms with Crippen molar-refractivity contribution < 1.29 is 14.9 Å². The molecule has 108 valence electrons. The first-order valence-corrected chi connectivity index (χ1v) is 6.23. The number of anilines is 1. The minimum atomic E-state index is -0.820. The van der Waals surface area contributed by atoms with Crippen LogP contribution >= 0.6 is 0 Å². The molecule has 0 aromatic carbocycles. The lowest BCUT2D eigenvalue weighted by atomic mass is 10.2. The monoisotopic (exact) mass is 281 g/mol. The molecular formula is C11H15N5O4. The molecule has 2 aromatic heterocycles. The number of aromatic nitrogens is 4. The molecule has 9 nitrogen and oxygen atoms in total. The number of aromatic amines is 1. The smallest absolute Gasteiger partial charge is 0.283 e. The van der Waals surface area contributed by atoms with E-state index in [-0.39, 0.29) is 24.1 Å². The van der Waals surface area contributed by atoms with E-state index < -0.39 is 18.4 Å². The van der Waals surface area contributed by atoms with Crippen molar-refractivity contribution >= 4 is 17.1 Å². The highest BCUT2D eigenvalue weighted by atomic mass is 16.5. The molecule has 9 heteroatoms. The maximum Gasteiger partial charge on any atom is 0.283 e. The van der Waals surface area contributed by atoms with Crippen molar-refractivity contribution in [3.05, 3.63) is 16.7 Å². The highest BCUT2D eigenvalue weighted by Crippen LogP contribution is 2.29. The summed E-state index contributed by atoms with van der Waals surface area (Å²) in [5, 5.41) is 21.7. The van der Waals surface area contributed by atoms with Crippen molar-refractivity contribution in [3.8, 4) is 0 Å². The van der Waals surface area contributed by atoms with Gasteiger partial charge in [-0.2, -0.15) is 4.98 Å². The Hall–Kier alpha value is -1.97. The van der Waals surface area contributed by atoms with Crippen LogP contribution in [0.1, 0.15) is 12.6 Å². The molecule has 20 heavy (non-hydrogen) atoms. The molecule has 2 aromatic rings. The lowest BCUT2D eigenvalue weighted by Crippen LogP contribution is -2.29. The minimum absolute atomic E-state index is 0.209. The summed E-state index contributed by atoms with van der Waals surface area (Å²) >= 11 is 0. The van der Waals surface area contributed by atoms with Gasteiger partial charge in [0.25, 0.3) is 5.56 Å². The Morgan fingerprint density at radius 3 is 3.10 bits per heavy atom. The van der Waals surface area contributed by atoms with E-state index in [0.29, 0.717) is 11.6 Å². The number of nitrogens with one attached hydrogen (secondary N) is 2. The highest BCUT2D eigenvalue weighted by molar-refractivity contribution is 5.70. The predicted molar refractivity (Wildman–Crippen MR) is 69.3 cm³/mol. The van der Waals surface area contributed by atoms with Crippen LogP contribution in [0.4, 0.5) is 5.95 Å². The molecule has 0 aliphatic carbocycles. The van der Waals surface area contributed by atoms with Gasteiger partial charge in [-0.1, -0.05) is 0 Å². The molecule has 1 unspecified atom stereocenters. The third-order valence-corrected chi connectivity index (χ3v) is 3.39. The van der Waals surface area contributed by atoms with Crippen LogP contribution in [0.5, 0.6) is 0 Å². The van der Waals surface area contributed by atoms with Gasteiger partial charge in [-0.05, 0) is 0 Å². The Morgan fingerprint density at radius 2 is 2.45 bits per heavy atom. The number of fused-ring (bicyclic) bond motifs is 1. The summed E-state index contributed by atoms with van der Waals surface area (Å²) in [7, 11) is 1.63. The van der Waals surface area contributed by atoms with Crippen LogP contribution in [-0.4, -0.2) is 55.6 Å². The zero-order valence-corrected chi connectivity index (χ0v) is 10.8. The maximum absolute atomic E-state index is 12.4. The number of imidazole rings is 1. The molecule has 3 heterocycles. The van der Waals surface area contributed by atoms with E-state index in [1.54, 1.807) is 7.05 Å². The van der Waals surface area contributed by atoms with Gasteiger partial charge in [0.15, 0.2) is 11.2 Å². The average Bonchev–Trinajstić information content (AvgIpc) is 3.04. The van der Waals surface area contributed by atoms with Crippen LogP contribution in [0.25, 0.3) is 11.2 Å². The zero-order chi connectivity index (χ0) is 14.3. The van der Waals surface area contributed by atoms with Crippen LogP contribution in [0.15, 0.2) is 11.1 Å². The first-order valence-electron chi connectivity index (χ1n) is 6.23. The number of nitrogens with zero attached hydrogens (tertiary/aromatic N) is 3. The number of rotatable bonds is 3. The third kappa shape index (κ3) is 1.87. The summed E-state index contributed by atoms with van der Waals surface area (Å²) in [5.74, 6) is 0.297. The second-order valence-electron chi connectivity index (χ2n) is 4.58. The van der Waals surface area contributed by atoms with Crippen molar-refractivity contribution in [2.75, 3.05) is 19.0 Å². The Balaban J connectivity index is 2.11. The molecule has 0 bridgehead atoms. The van der Waals surface area contributed by atoms with E-state index in [0.717, 1.165) is 0 Å². The molecule has 1 saturated heterocycles. The average molecular weight is 281 g/mol. The first-order chi connectivity index (χ1) is 9.65. The number of hydrogen-bond donors (Lipinski definition) is 4. The molecule has 0 spiro atoms. The molecule has 1 aliphatic heterocycles. The summed E-state index contributed by atoms with van der Waals surface area (Å²) in [4.78, 5) is 23.4. The minimum Gasteiger partial charge on any atom is -0.394 e. The Morgan fingerprint density at radius 1 is 1.65 bits per heavy atom. The van der Waals surface area contributed by atoms with Crippen LogP contribution < -0.4 is 10.9 Å². The number of ether oxygens (including phenoxy) is 1. The summed E-state index contributed by atoms with van der Waals surface area (Å²) in [6.07, 6.45) is -0.601. The van der Waals surface area contributed by atoms with Crippen molar-refractivity contribution in [1.82, 2.24) is 19.5 Å². The van der Waals surface area contributed by atoms with E-state index in [1.807, 2.05) is 0 Å². The van der Waals surface area contributed by atoms with Crippen molar-refractivity contribution in [2.24, 2.45) is 0 Å². The van der Waals surface area contributed by atoms with E-state index in [2.05, 4.69) is 20.3 Å². The summed E-state index contributed by atoms with van der Waals surface area (Å²) in [5.41, 5.74) is 0.245. The van der Waals surface area contributed by atoms with Gasteiger partial charge in [-0.25, -0.2) is 9.55 Å². The van der Waals surface area contributed by atoms with E-state index >= 15 is 0 Å². The van der Waals surface area contributed by atoms with Gasteiger partial charge in [0.05, 0.1) is 19.0 Å². The fraction of sp³-hybridized carbons (Fsp3) is 0.545. The van der Waals surface area contributed by atoms with Crippen LogP contribution in [-0.2, 0) is 4.74 Å². The van der Waals surface area contributed by atoms with E-state index in [4.69, 9.17) is 9.84 Å². The van der Waals surface area contributed by atoms with Crippen LogP contribution in [0.3, 0.4) is 0 Å². The predicted octanol–water partition coefficient (Wildman–Crippen LogP) is -1.20. The van der Waals surface area contributed by atoms with Gasteiger partial charge in [-0.3, -0.25) is 4.79 Å². The maximum atomic E-state index is 12.4. The summed E-state index contributed by atoms with van der Waals surface area (Å²) in [6.45, 7) is -0.305. The van der Waals surface area contributed by atoms with Gasteiger partial charge in [0.1, 0.15) is 12.3 Å². The SMILES string of the molecule is CNc1nc2nc[nH]c2c(=O)n1C1C[C@H](O)[C@@H](CO)O1. The Bertz CT molecular complexity index is 681. The second-order valence-corrected chi connectivity index (χ2v) is 4.58. The van der Waals surface area contributed by atoms with Gasteiger partial charge in [-0.15, -0.1) is 0 Å². The highest BCUT2D eigenvalue weighted by Gasteiger charge is 2.36. The Kier molecular flexibility index (Phi) is 3.16. The molecule has 1 fully saturated rings. The fourth-order valence-electron chi connectivity index (χ4n) is 2.38. The van der Waals surface area contributed by atoms with E-state index in [9.17, 15) is 9.90 Å². The van der Waals surface area contributed by atoms with Crippen molar-refractivity contribution in [3.63, 3.8) is 0 Å². The second kappa shape index (κ2) is 4.85. The van der Waals surface area contributed by atoms with Gasteiger partial charge in [0.2, 0.25) is 5.95 Å². The standard InChI is InChI=1S/C11H15N5O4/c1-12-11-15-9-8(13-4-14-9)10(19)16(11)7-2-5(18)6(3-17)20-7/h4-7,17-18H,2-3H2,1H3,(H,12,15)(H,13,14)/t5-,6+,7?/m0/s1. The fourth-order valence-corrected chi connectivity index (χ4v) is 2.38. The Labute approximate surface area is 113 Å². The first kappa shape index (κ1) is 13.0. The van der Waals surface area contributed by atoms with Crippen molar-refractivity contribution in [2.45, 2.75) is 24.9 Å². The van der Waals surface area contributed by atoms with Gasteiger partial charge >= 0.3 is 0 Å². The van der Waals surface area contributed by atoms with E-state index in [1.165, 1.54) is 10.9 Å². The topological polar surface area (TPSA) is 125 Å². The summed E-state index contributed by atoms with van der Waals surface area (Å²) < 4.78 is 6.83. The summed E-state index contributed by atoms with van der Waals surface area (Å²) in [6, 6.07) is 0. The molecule has 3 atom stereocenters. The molecule has 3 rings (SSSR count). The lowest BCUT2D eigenvalue weighted by molar-refractivity contribution is -0.0448. The molecular weight excluding hydrogens is 266 g/mol. The van der Waals surface area contributed by atoms with Crippen LogP contribution in [0.2, 0.25) is 0 Å². The van der Waals surface area contributed by atoms with Crippen LogP contribution in [0, 0.1) is 0 Å². The molecule has 0 amide bonds. The molecule has 0 radical (unpaired) electrons. The number of H-pyrrole nitrogens is 1. The zero-order valence-electron chi connectivity index (χ0n) is 10.8. The number of aliphatic hydroxyl groups excluding tert-OH is 2. The molecule has 0 saturated carbocycles. The third-order valence-electron chi connectivity index (χ3n) is 3.39. The largest absolute Gasteiger partial charge is 0.394 e. The van der Waals surface area contributed by atoms with Gasteiger partial charge < -0.3 is 25.3 Å². The number of hydrogen-bond acceptors (Lipinski definition) is 7. The lowest BCUT2D eigenvalue weighted by Gasteiger charge is -2.17. The quantitative estimate of drug-likeness (QED) is 0.557.